The van der Waals surface area contributed by atoms with Gasteiger partial charge in [0, 0.05) is 5.69 Å². The standard InChI is InChI=1S/C11H13NO2/c1-14-11(13)9-6-5-8-7(9)3-2-4-10(8)12/h2-4,9H,5-6,12H2,1H3. The fraction of sp³-hybridized carbons (Fsp3) is 0.364. The number of rotatable bonds is 1. The number of hydrogen-bond acceptors (Lipinski definition) is 3. The monoisotopic (exact) mass is 191 g/mol. The second-order valence-electron chi connectivity index (χ2n) is 3.53. The van der Waals surface area contributed by atoms with E-state index in [2.05, 4.69) is 0 Å². The second-order valence-corrected chi connectivity index (χ2v) is 3.53. The third kappa shape index (κ3) is 1.25. The van der Waals surface area contributed by atoms with Gasteiger partial charge in [0.25, 0.3) is 0 Å². The lowest BCUT2D eigenvalue weighted by atomic mass is 10.0. The Hall–Kier alpha value is -1.51. The molecular formula is C11H13NO2. The topological polar surface area (TPSA) is 52.3 Å². The molecule has 3 heteroatoms. The van der Waals surface area contributed by atoms with Crippen molar-refractivity contribution in [3.8, 4) is 0 Å². The van der Waals surface area contributed by atoms with Gasteiger partial charge in [-0.05, 0) is 30.0 Å². The molecule has 1 unspecified atom stereocenters. The molecule has 0 aliphatic heterocycles. The van der Waals surface area contributed by atoms with Crippen LogP contribution in [0.1, 0.15) is 23.5 Å². The fourth-order valence-electron chi connectivity index (χ4n) is 2.07. The van der Waals surface area contributed by atoms with E-state index in [4.69, 9.17) is 10.5 Å². The number of carbonyl (C=O) groups is 1. The number of benzene rings is 1. The zero-order chi connectivity index (χ0) is 10.1. The van der Waals surface area contributed by atoms with Crippen LogP contribution < -0.4 is 5.73 Å². The van der Waals surface area contributed by atoms with Crippen LogP contribution in [0.5, 0.6) is 0 Å². The van der Waals surface area contributed by atoms with E-state index in [1.54, 1.807) is 0 Å². The zero-order valence-electron chi connectivity index (χ0n) is 8.12. The Morgan fingerprint density at radius 3 is 3.07 bits per heavy atom. The first-order chi connectivity index (χ1) is 6.74. The lowest BCUT2D eigenvalue weighted by Crippen LogP contribution is -2.11. The number of methoxy groups -OCH3 is 1. The van der Waals surface area contributed by atoms with E-state index in [9.17, 15) is 4.79 Å². The van der Waals surface area contributed by atoms with Crippen LogP contribution in [0, 0.1) is 0 Å². The highest BCUT2D eigenvalue weighted by Crippen LogP contribution is 2.36. The van der Waals surface area contributed by atoms with Gasteiger partial charge in [-0.2, -0.15) is 0 Å². The van der Waals surface area contributed by atoms with E-state index >= 15 is 0 Å². The predicted octanol–water partition coefficient (Wildman–Crippen LogP) is 1.47. The van der Waals surface area contributed by atoms with Gasteiger partial charge in [-0.3, -0.25) is 4.79 Å². The molecule has 1 atom stereocenters. The Morgan fingerprint density at radius 1 is 1.57 bits per heavy atom. The zero-order valence-corrected chi connectivity index (χ0v) is 8.12. The fourth-order valence-corrected chi connectivity index (χ4v) is 2.07. The number of nitrogens with two attached hydrogens (primary N) is 1. The summed E-state index contributed by atoms with van der Waals surface area (Å²) in [6.07, 6.45) is 1.69. The maximum absolute atomic E-state index is 11.4. The summed E-state index contributed by atoms with van der Waals surface area (Å²) in [5.41, 5.74) is 8.76. The quantitative estimate of drug-likeness (QED) is 0.540. The lowest BCUT2D eigenvalue weighted by Gasteiger charge is -2.09. The molecule has 1 aromatic rings. The number of hydrogen-bond donors (Lipinski definition) is 1. The molecule has 0 radical (unpaired) electrons. The van der Waals surface area contributed by atoms with E-state index in [-0.39, 0.29) is 11.9 Å². The molecule has 2 rings (SSSR count). The predicted molar refractivity (Wildman–Crippen MR) is 53.9 cm³/mol. The molecule has 0 amide bonds. The molecule has 1 aromatic carbocycles. The highest BCUT2D eigenvalue weighted by atomic mass is 16.5. The number of esters is 1. The van der Waals surface area contributed by atoms with Crippen molar-refractivity contribution in [1.82, 2.24) is 0 Å². The van der Waals surface area contributed by atoms with Crippen LogP contribution in [0.4, 0.5) is 5.69 Å². The summed E-state index contributed by atoms with van der Waals surface area (Å²) in [6, 6.07) is 5.72. The van der Waals surface area contributed by atoms with Crippen LogP contribution in [0.3, 0.4) is 0 Å². The van der Waals surface area contributed by atoms with Gasteiger partial charge in [-0.1, -0.05) is 12.1 Å². The normalized spacial score (nSPS) is 19.1. The second kappa shape index (κ2) is 3.33. The minimum Gasteiger partial charge on any atom is -0.469 e. The number of nitrogen functional groups attached to an aromatic ring is 1. The molecule has 1 aliphatic rings. The summed E-state index contributed by atoms with van der Waals surface area (Å²) in [5.74, 6) is -0.271. The van der Waals surface area contributed by atoms with Gasteiger partial charge in [0.15, 0.2) is 0 Å². The SMILES string of the molecule is COC(=O)C1CCc2c(N)cccc21. The van der Waals surface area contributed by atoms with Crippen molar-refractivity contribution in [3.63, 3.8) is 0 Å². The molecule has 0 fully saturated rings. The Balaban J connectivity index is 2.40. The van der Waals surface area contributed by atoms with Gasteiger partial charge in [-0.15, -0.1) is 0 Å². The molecule has 0 saturated heterocycles. The van der Waals surface area contributed by atoms with Crippen LogP contribution in [0.15, 0.2) is 18.2 Å². The van der Waals surface area contributed by atoms with E-state index in [1.165, 1.54) is 7.11 Å². The molecule has 0 saturated carbocycles. The number of fused-ring (bicyclic) bond motifs is 1. The number of ether oxygens (including phenoxy) is 1. The van der Waals surface area contributed by atoms with Gasteiger partial charge in [0.05, 0.1) is 13.0 Å². The van der Waals surface area contributed by atoms with Crippen molar-refractivity contribution in [1.29, 1.82) is 0 Å². The average molecular weight is 191 g/mol. The van der Waals surface area contributed by atoms with Gasteiger partial charge in [0.2, 0.25) is 0 Å². The lowest BCUT2D eigenvalue weighted by molar-refractivity contribution is -0.142. The Kier molecular flexibility index (Phi) is 2.15. The highest BCUT2D eigenvalue weighted by molar-refractivity contribution is 5.80. The van der Waals surface area contributed by atoms with E-state index in [1.807, 2.05) is 18.2 Å². The van der Waals surface area contributed by atoms with Crippen molar-refractivity contribution in [3.05, 3.63) is 29.3 Å². The van der Waals surface area contributed by atoms with Crippen molar-refractivity contribution < 1.29 is 9.53 Å². The first kappa shape index (κ1) is 9.06. The largest absolute Gasteiger partial charge is 0.469 e. The maximum atomic E-state index is 11.4. The summed E-state index contributed by atoms with van der Waals surface area (Å²) in [5, 5.41) is 0. The molecule has 3 nitrogen and oxygen atoms in total. The third-order valence-corrected chi connectivity index (χ3v) is 2.79. The molecule has 14 heavy (non-hydrogen) atoms. The minimum absolute atomic E-state index is 0.113. The van der Waals surface area contributed by atoms with E-state index in [0.29, 0.717) is 0 Å². The molecular weight excluding hydrogens is 178 g/mol. The molecule has 0 aromatic heterocycles. The Bertz CT molecular complexity index is 374. The molecule has 0 bridgehead atoms. The summed E-state index contributed by atoms with van der Waals surface area (Å²) >= 11 is 0. The number of anilines is 1. The summed E-state index contributed by atoms with van der Waals surface area (Å²) in [4.78, 5) is 11.4. The van der Waals surface area contributed by atoms with Crippen molar-refractivity contribution in [2.75, 3.05) is 12.8 Å². The molecule has 1 aliphatic carbocycles. The highest BCUT2D eigenvalue weighted by Gasteiger charge is 2.30. The van der Waals surface area contributed by atoms with Crippen LogP contribution in [0.25, 0.3) is 0 Å². The first-order valence-electron chi connectivity index (χ1n) is 4.69. The molecule has 0 heterocycles. The van der Waals surface area contributed by atoms with Gasteiger partial charge < -0.3 is 10.5 Å². The molecule has 74 valence electrons. The van der Waals surface area contributed by atoms with E-state index in [0.717, 1.165) is 29.7 Å². The first-order valence-corrected chi connectivity index (χ1v) is 4.69. The maximum Gasteiger partial charge on any atom is 0.313 e. The van der Waals surface area contributed by atoms with Gasteiger partial charge in [0.1, 0.15) is 0 Å². The summed E-state index contributed by atoms with van der Waals surface area (Å²) in [6.45, 7) is 0. The van der Waals surface area contributed by atoms with Gasteiger partial charge >= 0.3 is 5.97 Å². The van der Waals surface area contributed by atoms with Crippen LogP contribution >= 0.6 is 0 Å². The Morgan fingerprint density at radius 2 is 2.36 bits per heavy atom. The third-order valence-electron chi connectivity index (χ3n) is 2.79. The molecule has 2 N–H and O–H groups in total. The van der Waals surface area contributed by atoms with Crippen LogP contribution in [0.2, 0.25) is 0 Å². The smallest absolute Gasteiger partial charge is 0.313 e. The molecule has 0 spiro atoms. The summed E-state index contributed by atoms with van der Waals surface area (Å²) in [7, 11) is 1.42. The van der Waals surface area contributed by atoms with Crippen molar-refractivity contribution in [2.45, 2.75) is 18.8 Å². The van der Waals surface area contributed by atoms with Crippen LogP contribution in [-0.4, -0.2) is 13.1 Å². The van der Waals surface area contributed by atoms with Crippen LogP contribution in [-0.2, 0) is 16.0 Å². The average Bonchev–Trinajstić information content (AvgIpc) is 2.62. The van der Waals surface area contributed by atoms with Crippen molar-refractivity contribution in [2.24, 2.45) is 0 Å². The number of carbonyl (C=O) groups excluding carboxylic acids is 1. The van der Waals surface area contributed by atoms with E-state index < -0.39 is 0 Å². The minimum atomic E-state index is -0.158. The summed E-state index contributed by atoms with van der Waals surface area (Å²) < 4.78 is 4.75. The Labute approximate surface area is 82.9 Å². The van der Waals surface area contributed by atoms with Gasteiger partial charge in [-0.25, -0.2) is 0 Å². The van der Waals surface area contributed by atoms with Crippen molar-refractivity contribution >= 4 is 11.7 Å².